The largest absolute Gasteiger partial charge is 0.542 e. The summed E-state index contributed by atoms with van der Waals surface area (Å²) in [5.41, 5.74) is 4.09. The van der Waals surface area contributed by atoms with Crippen molar-refractivity contribution >= 4 is 34.5 Å². The molecule has 0 aliphatic heterocycles. The quantitative estimate of drug-likeness (QED) is 0.117. The zero-order chi connectivity index (χ0) is 26.2. The smallest absolute Gasteiger partial charge is 0.281 e. The second-order valence-corrected chi connectivity index (χ2v) is 25.4. The third-order valence-electron chi connectivity index (χ3n) is 6.58. The van der Waals surface area contributed by atoms with Gasteiger partial charge < -0.3 is 9.16 Å². The molecular weight excluding hydrogens is 517 g/mol. The van der Waals surface area contributed by atoms with Crippen LogP contribution in [-0.2, 0) is 6.04 Å². The summed E-state index contributed by atoms with van der Waals surface area (Å²) in [5, 5.41) is 0. The third kappa shape index (κ3) is 9.77. The third-order valence-corrected chi connectivity index (χ3v) is 29.2. The van der Waals surface area contributed by atoms with Gasteiger partial charge in [0, 0.05) is 23.9 Å². The van der Waals surface area contributed by atoms with Crippen molar-refractivity contribution in [3.63, 3.8) is 0 Å². The van der Waals surface area contributed by atoms with Crippen molar-refractivity contribution in [1.29, 1.82) is 0 Å². The summed E-state index contributed by atoms with van der Waals surface area (Å²) < 4.78 is 13.0. The van der Waals surface area contributed by atoms with E-state index in [1.165, 1.54) is 35.0 Å². The Balaban J connectivity index is 1.92. The summed E-state index contributed by atoms with van der Waals surface area (Å²) in [6.07, 6.45) is 4.42. The van der Waals surface area contributed by atoms with Crippen LogP contribution >= 0.6 is 0 Å². The maximum Gasteiger partial charge on any atom is 0.281 e. The van der Waals surface area contributed by atoms with Gasteiger partial charge in [-0.05, 0) is 48.1 Å². The minimum Gasteiger partial charge on any atom is -0.542 e. The second-order valence-electron chi connectivity index (χ2n) is 9.35. The summed E-state index contributed by atoms with van der Waals surface area (Å²) in [7, 11) is -2.53. The van der Waals surface area contributed by atoms with Crippen molar-refractivity contribution in [3.05, 3.63) is 122 Å². The first-order chi connectivity index (χ1) is 18.2. The highest BCUT2D eigenvalue weighted by Gasteiger charge is 2.43. The molecule has 37 heavy (non-hydrogen) atoms. The summed E-state index contributed by atoms with van der Waals surface area (Å²) in [4.78, 5) is 0. The van der Waals surface area contributed by atoms with E-state index in [2.05, 4.69) is 92.9 Å². The molecule has 0 aliphatic carbocycles. The number of hydrogen-bond acceptors (Lipinski definition) is 2. The molecule has 0 N–H and O–H groups in total. The summed E-state index contributed by atoms with van der Waals surface area (Å²) in [5.74, 6) is 1.92. The fraction of sp³-hybridized carbons (Fsp3) is 0.290. The van der Waals surface area contributed by atoms with Gasteiger partial charge in [-0.25, -0.2) is 0 Å². The molecule has 6 heteroatoms. The van der Waals surface area contributed by atoms with Gasteiger partial charge in [0.15, 0.2) is 0 Å². The van der Waals surface area contributed by atoms with Crippen molar-refractivity contribution in [1.82, 2.24) is 0 Å². The van der Waals surface area contributed by atoms with Gasteiger partial charge in [-0.2, -0.15) is 0 Å². The van der Waals surface area contributed by atoms with E-state index in [1.54, 1.807) is 0 Å². The van der Waals surface area contributed by atoms with E-state index in [1.807, 2.05) is 30.3 Å². The van der Waals surface area contributed by atoms with Gasteiger partial charge in [0.05, 0.1) is 14.2 Å². The van der Waals surface area contributed by atoms with Crippen LogP contribution in [0.3, 0.4) is 0 Å². The van der Waals surface area contributed by atoms with Gasteiger partial charge in [-0.3, -0.25) is 0 Å². The highest BCUT2D eigenvalue weighted by atomic mass is 29.2. The normalized spacial score (nSPS) is 12.7. The molecule has 4 radical (unpaired) electrons. The summed E-state index contributed by atoms with van der Waals surface area (Å²) in [6, 6.07) is 37.5. The Labute approximate surface area is 231 Å². The van der Waals surface area contributed by atoms with Crippen LogP contribution < -0.4 is 9.16 Å². The molecule has 1 unspecified atom stereocenters. The number of ether oxygens (including phenoxy) is 1. The molecule has 0 saturated heterocycles. The molecule has 0 amide bonds. The SMILES string of the molecule is C=CC[Si](C[Si]CC)[Si](CC=C)(Cc1ccccc1)C[Si](CCOc1ccccc1)Oc1ccccc1. The molecule has 0 bridgehead atoms. The Morgan fingerprint density at radius 2 is 1.46 bits per heavy atom. The van der Waals surface area contributed by atoms with Crippen molar-refractivity contribution in [2.75, 3.05) is 6.61 Å². The zero-order valence-electron chi connectivity index (χ0n) is 22.2. The Hall–Kier alpha value is -2.39. The molecule has 0 aromatic heterocycles. The van der Waals surface area contributed by atoms with E-state index < -0.39 is 24.9 Å². The minimum atomic E-state index is -1.79. The van der Waals surface area contributed by atoms with Gasteiger partial charge in [-0.15, -0.1) is 13.2 Å². The van der Waals surface area contributed by atoms with Crippen LogP contribution in [0.5, 0.6) is 11.5 Å². The van der Waals surface area contributed by atoms with E-state index in [4.69, 9.17) is 9.16 Å². The van der Waals surface area contributed by atoms with Gasteiger partial charge >= 0.3 is 0 Å². The first kappa shape index (κ1) is 29.2. The van der Waals surface area contributed by atoms with E-state index in [-0.39, 0.29) is 0 Å². The molecule has 1 atom stereocenters. The first-order valence-electron chi connectivity index (χ1n) is 13.3. The summed E-state index contributed by atoms with van der Waals surface area (Å²) >= 11 is 0. The average Bonchev–Trinajstić information content (AvgIpc) is 2.93. The van der Waals surface area contributed by atoms with Crippen LogP contribution in [0, 0.1) is 0 Å². The van der Waals surface area contributed by atoms with E-state index >= 15 is 0 Å². The molecule has 192 valence electrons. The monoisotopic (exact) mass is 556 g/mol. The second kappa shape index (κ2) is 16.4. The maximum absolute atomic E-state index is 6.84. The Morgan fingerprint density at radius 1 is 0.838 bits per heavy atom. The highest BCUT2D eigenvalue weighted by Crippen LogP contribution is 2.32. The fourth-order valence-electron chi connectivity index (χ4n) is 4.80. The van der Waals surface area contributed by atoms with Crippen LogP contribution in [0.2, 0.25) is 35.5 Å². The van der Waals surface area contributed by atoms with Gasteiger partial charge in [0.2, 0.25) is 0 Å². The predicted molar refractivity (Wildman–Crippen MR) is 167 cm³/mol. The molecule has 2 nitrogen and oxygen atoms in total. The number of para-hydroxylation sites is 2. The predicted octanol–water partition coefficient (Wildman–Crippen LogP) is 7.95. The molecule has 0 aliphatic rings. The lowest BCUT2D eigenvalue weighted by Crippen LogP contribution is -2.57. The Morgan fingerprint density at radius 3 is 2.05 bits per heavy atom. The molecule has 0 fully saturated rings. The number of hydrogen-bond donors (Lipinski definition) is 0. The van der Waals surface area contributed by atoms with Crippen LogP contribution in [0.1, 0.15) is 12.5 Å². The summed E-state index contributed by atoms with van der Waals surface area (Å²) in [6.45, 7) is 11.5. The fourth-order valence-corrected chi connectivity index (χ4v) is 32.0. The van der Waals surface area contributed by atoms with Gasteiger partial charge in [-0.1, -0.05) is 103 Å². The molecule has 0 heterocycles. The number of benzene rings is 3. The average molecular weight is 557 g/mol. The van der Waals surface area contributed by atoms with Gasteiger partial charge in [0.1, 0.15) is 11.5 Å². The Kier molecular flexibility index (Phi) is 13.0. The van der Waals surface area contributed by atoms with Crippen LogP contribution in [-0.4, -0.2) is 41.1 Å². The van der Waals surface area contributed by atoms with Crippen LogP contribution in [0.25, 0.3) is 0 Å². The zero-order valence-corrected chi connectivity index (χ0v) is 26.2. The molecule has 3 aromatic rings. The topological polar surface area (TPSA) is 18.5 Å². The molecule has 0 saturated carbocycles. The first-order valence-corrected chi connectivity index (χ1v) is 22.0. The van der Waals surface area contributed by atoms with Crippen molar-refractivity contribution in [3.8, 4) is 11.5 Å². The Bertz CT molecular complexity index is 1030. The molecule has 3 aromatic carbocycles. The van der Waals surface area contributed by atoms with Crippen molar-refractivity contribution < 1.29 is 9.16 Å². The van der Waals surface area contributed by atoms with Gasteiger partial charge in [0.25, 0.3) is 9.04 Å². The van der Waals surface area contributed by atoms with E-state index in [9.17, 15) is 0 Å². The van der Waals surface area contributed by atoms with E-state index in [0.717, 1.165) is 33.1 Å². The van der Waals surface area contributed by atoms with Crippen molar-refractivity contribution in [2.24, 2.45) is 0 Å². The van der Waals surface area contributed by atoms with Crippen LogP contribution in [0.4, 0.5) is 0 Å². The maximum atomic E-state index is 6.84. The number of rotatable bonds is 18. The van der Waals surface area contributed by atoms with Crippen LogP contribution in [0.15, 0.2) is 116 Å². The molecule has 0 spiro atoms. The standard InChI is InChI=1S/C31H40O2Si4/c1-4-23-36(27-34-6-3)37(25-5-2,26-29-16-10-7-11-17-29)28-35(33-31-20-14-9-15-21-31)24-22-32-30-18-12-8-13-19-30/h4-5,7-21H,1-2,6,22-28H2,3H3. The highest BCUT2D eigenvalue weighted by molar-refractivity contribution is 7.36. The lowest BCUT2D eigenvalue weighted by molar-refractivity contribution is 0.334. The molecule has 3 rings (SSSR count). The molecular formula is C31H40O2Si4. The lowest BCUT2D eigenvalue weighted by atomic mass is 10.2. The lowest BCUT2D eigenvalue weighted by Gasteiger charge is -2.40. The minimum absolute atomic E-state index is 0.612. The number of allylic oxidation sites excluding steroid dienone is 2. The van der Waals surface area contributed by atoms with Crippen molar-refractivity contribution in [2.45, 2.75) is 48.5 Å². The van der Waals surface area contributed by atoms with E-state index in [0.29, 0.717) is 6.61 Å².